The molecule has 0 saturated heterocycles. The lowest BCUT2D eigenvalue weighted by Crippen LogP contribution is -2.48. The lowest BCUT2D eigenvalue weighted by Gasteiger charge is -2.25. The maximum atomic E-state index is 12.2. The van der Waals surface area contributed by atoms with Crippen LogP contribution in [0.3, 0.4) is 0 Å². The molecule has 25 heavy (non-hydrogen) atoms. The Balaban J connectivity index is 0.00000312. The highest BCUT2D eigenvalue weighted by Crippen LogP contribution is 2.26. The predicted molar refractivity (Wildman–Crippen MR) is 104 cm³/mol. The van der Waals surface area contributed by atoms with Gasteiger partial charge < -0.3 is 16.4 Å². The van der Waals surface area contributed by atoms with Gasteiger partial charge in [0.2, 0.25) is 11.8 Å². The summed E-state index contributed by atoms with van der Waals surface area (Å²) < 4.78 is 0. The molecule has 0 spiro atoms. The van der Waals surface area contributed by atoms with Crippen molar-refractivity contribution in [1.29, 1.82) is 0 Å². The third kappa shape index (κ3) is 6.33. The number of carbonyl (C=O) groups excluding carboxylic acids is 2. The van der Waals surface area contributed by atoms with Gasteiger partial charge in [-0.15, -0.1) is 12.4 Å². The normalized spacial score (nSPS) is 16.0. The first kappa shape index (κ1) is 21.5. The molecule has 1 saturated carbocycles. The van der Waals surface area contributed by atoms with Crippen molar-refractivity contribution in [2.45, 2.75) is 59.0 Å². The molecular weight excluding hydrogens is 338 g/mol. The molecule has 2 amide bonds. The topological polar surface area (TPSA) is 84.2 Å². The average molecular weight is 368 g/mol. The summed E-state index contributed by atoms with van der Waals surface area (Å²) in [6, 6.07) is 7.03. The molecule has 0 radical (unpaired) electrons. The Kier molecular flexibility index (Phi) is 7.90. The molecule has 2 rings (SSSR count). The van der Waals surface area contributed by atoms with Crippen molar-refractivity contribution < 1.29 is 9.59 Å². The number of anilines is 1. The number of hydrogen-bond donors (Lipinski definition) is 3. The molecule has 0 unspecified atom stereocenters. The minimum absolute atomic E-state index is 0. The lowest BCUT2D eigenvalue weighted by molar-refractivity contribution is -0.124. The van der Waals surface area contributed by atoms with E-state index in [1.165, 1.54) is 0 Å². The van der Waals surface area contributed by atoms with Gasteiger partial charge in [-0.2, -0.15) is 0 Å². The molecular formula is C19H30ClN3O2. The zero-order valence-corrected chi connectivity index (χ0v) is 16.1. The highest BCUT2D eigenvalue weighted by molar-refractivity contribution is 5.92. The van der Waals surface area contributed by atoms with Crippen LogP contribution < -0.4 is 16.4 Å². The van der Waals surface area contributed by atoms with Gasteiger partial charge in [-0.05, 0) is 36.0 Å². The summed E-state index contributed by atoms with van der Waals surface area (Å²) >= 11 is 0. The van der Waals surface area contributed by atoms with Gasteiger partial charge in [0.15, 0.2) is 0 Å². The Morgan fingerprint density at radius 1 is 1.24 bits per heavy atom. The largest absolute Gasteiger partial charge is 0.351 e. The third-order valence-electron chi connectivity index (χ3n) is 4.60. The maximum absolute atomic E-state index is 12.2. The molecule has 4 N–H and O–H groups in total. The third-order valence-corrected chi connectivity index (χ3v) is 4.60. The standard InChI is InChI=1S/C19H29N3O2.ClH/c1-19(2,3)16(20)18(24)21-12-13-7-6-10-15(11-13)22-17(23)14-8-4-5-9-14;/h6-7,10-11,14,16H,4-5,8-9,12,20H2,1-3H3,(H,21,24)(H,22,23);1H/t16-;/m1./s1. The van der Waals surface area contributed by atoms with E-state index in [4.69, 9.17) is 5.73 Å². The van der Waals surface area contributed by atoms with Crippen molar-refractivity contribution in [3.05, 3.63) is 29.8 Å². The highest BCUT2D eigenvalue weighted by atomic mass is 35.5. The SMILES string of the molecule is CC(C)(C)[C@H](N)C(=O)NCc1cccc(NC(=O)C2CCCC2)c1.Cl. The zero-order chi connectivity index (χ0) is 17.7. The summed E-state index contributed by atoms with van der Waals surface area (Å²) in [4.78, 5) is 24.3. The summed E-state index contributed by atoms with van der Waals surface area (Å²) in [6.45, 7) is 6.22. The molecule has 6 heteroatoms. The van der Waals surface area contributed by atoms with Crippen molar-refractivity contribution in [1.82, 2.24) is 5.32 Å². The van der Waals surface area contributed by atoms with Crippen LogP contribution in [0.5, 0.6) is 0 Å². The molecule has 0 bridgehead atoms. The van der Waals surface area contributed by atoms with Crippen LogP contribution in [-0.4, -0.2) is 17.9 Å². The minimum atomic E-state index is -0.553. The van der Waals surface area contributed by atoms with Crippen LogP contribution in [0.25, 0.3) is 0 Å². The number of halogens is 1. The quantitative estimate of drug-likeness (QED) is 0.747. The van der Waals surface area contributed by atoms with Gasteiger partial charge in [0.25, 0.3) is 0 Å². The van der Waals surface area contributed by atoms with E-state index < -0.39 is 6.04 Å². The van der Waals surface area contributed by atoms with Crippen LogP contribution in [-0.2, 0) is 16.1 Å². The Hall–Kier alpha value is -1.59. The molecule has 0 aliphatic heterocycles. The monoisotopic (exact) mass is 367 g/mol. The number of nitrogens with one attached hydrogen (secondary N) is 2. The van der Waals surface area contributed by atoms with Crippen LogP contribution in [0.2, 0.25) is 0 Å². The Bertz CT molecular complexity index is 593. The average Bonchev–Trinajstić information content (AvgIpc) is 3.06. The fourth-order valence-electron chi connectivity index (χ4n) is 2.88. The second-order valence-corrected chi connectivity index (χ2v) is 7.73. The van der Waals surface area contributed by atoms with E-state index in [0.717, 1.165) is 36.9 Å². The number of hydrogen-bond acceptors (Lipinski definition) is 3. The van der Waals surface area contributed by atoms with E-state index in [1.807, 2.05) is 45.0 Å². The minimum Gasteiger partial charge on any atom is -0.351 e. The van der Waals surface area contributed by atoms with Crippen LogP contribution >= 0.6 is 12.4 Å². The number of amides is 2. The van der Waals surface area contributed by atoms with E-state index in [9.17, 15) is 9.59 Å². The molecule has 140 valence electrons. The van der Waals surface area contributed by atoms with E-state index in [2.05, 4.69) is 10.6 Å². The number of carbonyl (C=O) groups is 2. The Morgan fingerprint density at radius 3 is 2.48 bits per heavy atom. The van der Waals surface area contributed by atoms with Gasteiger partial charge in [-0.1, -0.05) is 45.7 Å². The number of rotatable bonds is 5. The second-order valence-electron chi connectivity index (χ2n) is 7.73. The van der Waals surface area contributed by atoms with Crippen molar-refractivity contribution in [2.75, 3.05) is 5.32 Å². The molecule has 1 aromatic carbocycles. The van der Waals surface area contributed by atoms with Gasteiger partial charge in [0.1, 0.15) is 0 Å². The molecule has 1 aliphatic carbocycles. The van der Waals surface area contributed by atoms with Gasteiger partial charge in [0, 0.05) is 18.2 Å². The number of nitrogens with two attached hydrogens (primary N) is 1. The lowest BCUT2D eigenvalue weighted by atomic mass is 9.87. The predicted octanol–water partition coefficient (Wildman–Crippen LogP) is 3.23. The smallest absolute Gasteiger partial charge is 0.237 e. The molecule has 1 aromatic rings. The first-order chi connectivity index (χ1) is 11.3. The highest BCUT2D eigenvalue weighted by Gasteiger charge is 2.27. The molecule has 1 aliphatic rings. The second kappa shape index (κ2) is 9.20. The summed E-state index contributed by atoms with van der Waals surface area (Å²) in [6.07, 6.45) is 4.23. The summed E-state index contributed by atoms with van der Waals surface area (Å²) in [5.41, 5.74) is 7.39. The van der Waals surface area contributed by atoms with E-state index in [-0.39, 0.29) is 35.6 Å². The van der Waals surface area contributed by atoms with Crippen LogP contribution in [0, 0.1) is 11.3 Å². The van der Waals surface area contributed by atoms with Gasteiger partial charge in [0.05, 0.1) is 6.04 Å². The summed E-state index contributed by atoms with van der Waals surface area (Å²) in [7, 11) is 0. The van der Waals surface area contributed by atoms with E-state index in [0.29, 0.717) is 6.54 Å². The summed E-state index contributed by atoms with van der Waals surface area (Å²) in [5.74, 6) is 0.0736. The first-order valence-electron chi connectivity index (χ1n) is 8.70. The van der Waals surface area contributed by atoms with Gasteiger partial charge in [-0.25, -0.2) is 0 Å². The first-order valence-corrected chi connectivity index (χ1v) is 8.70. The molecule has 0 aromatic heterocycles. The Labute approximate surface area is 156 Å². The van der Waals surface area contributed by atoms with Crippen molar-refractivity contribution in [2.24, 2.45) is 17.1 Å². The van der Waals surface area contributed by atoms with Crippen molar-refractivity contribution in [3.8, 4) is 0 Å². The fraction of sp³-hybridized carbons (Fsp3) is 0.579. The summed E-state index contributed by atoms with van der Waals surface area (Å²) in [5, 5.41) is 5.85. The Morgan fingerprint density at radius 2 is 1.88 bits per heavy atom. The van der Waals surface area contributed by atoms with Crippen molar-refractivity contribution in [3.63, 3.8) is 0 Å². The fourth-order valence-corrected chi connectivity index (χ4v) is 2.88. The van der Waals surface area contributed by atoms with E-state index >= 15 is 0 Å². The maximum Gasteiger partial charge on any atom is 0.237 e. The van der Waals surface area contributed by atoms with E-state index in [1.54, 1.807) is 0 Å². The molecule has 5 nitrogen and oxygen atoms in total. The van der Waals surface area contributed by atoms with Crippen LogP contribution in [0.4, 0.5) is 5.69 Å². The van der Waals surface area contributed by atoms with Crippen molar-refractivity contribution >= 4 is 29.9 Å². The van der Waals surface area contributed by atoms with Crippen LogP contribution in [0.1, 0.15) is 52.0 Å². The molecule has 1 atom stereocenters. The molecule has 0 heterocycles. The van der Waals surface area contributed by atoms with Gasteiger partial charge in [-0.3, -0.25) is 9.59 Å². The van der Waals surface area contributed by atoms with Gasteiger partial charge >= 0.3 is 0 Å². The zero-order valence-electron chi connectivity index (χ0n) is 15.3. The molecule has 1 fully saturated rings. The number of benzene rings is 1. The van der Waals surface area contributed by atoms with Crippen LogP contribution in [0.15, 0.2) is 24.3 Å².